The second-order valence-corrected chi connectivity index (χ2v) is 5.09. The Labute approximate surface area is 136 Å². The highest BCUT2D eigenvalue weighted by Crippen LogP contribution is 2.15. The van der Waals surface area contributed by atoms with Gasteiger partial charge in [0.25, 0.3) is 0 Å². The number of benzene rings is 1. The first-order valence-electron chi connectivity index (χ1n) is 7.18. The number of nitrogens with zero attached hydrogens (tertiary/aromatic N) is 1. The van der Waals surface area contributed by atoms with Gasteiger partial charge in [-0.3, -0.25) is 4.79 Å². The van der Waals surface area contributed by atoms with Crippen LogP contribution in [0.15, 0.2) is 59.7 Å². The molecule has 2 aromatic rings. The summed E-state index contributed by atoms with van der Waals surface area (Å²) in [6.07, 6.45) is 3.43. The Hall–Kier alpha value is -1.62. The van der Waals surface area contributed by atoms with E-state index in [0.717, 1.165) is 12.0 Å². The lowest BCUT2D eigenvalue weighted by atomic mass is 10.1. The number of aromatic nitrogens is 1. The highest BCUT2D eigenvalue weighted by molar-refractivity contribution is 5.85. The molecule has 0 bridgehead atoms. The number of hydrogen-bond acceptors (Lipinski definition) is 3. The Balaban J connectivity index is 0.00000242. The Morgan fingerprint density at radius 1 is 1.14 bits per heavy atom. The smallest absolute Gasteiger partial charge is 0.181 e. The van der Waals surface area contributed by atoms with Crippen molar-refractivity contribution in [2.75, 3.05) is 0 Å². The van der Waals surface area contributed by atoms with Gasteiger partial charge in [0.15, 0.2) is 11.7 Å². The molecule has 0 saturated carbocycles. The molecule has 0 amide bonds. The number of aliphatic hydroxyl groups is 1. The first-order valence-corrected chi connectivity index (χ1v) is 7.18. The molecule has 2 unspecified atom stereocenters. The SMILES string of the molecule is CCC(Cn1ccc(=O)cc1)C(O)OCc1ccccc1.Cl. The molecule has 1 N–H and O–H groups in total. The van der Waals surface area contributed by atoms with E-state index >= 15 is 0 Å². The molecule has 0 spiro atoms. The summed E-state index contributed by atoms with van der Waals surface area (Å²) in [4.78, 5) is 11.1. The minimum absolute atomic E-state index is 0. The van der Waals surface area contributed by atoms with Crippen molar-refractivity contribution in [1.29, 1.82) is 0 Å². The van der Waals surface area contributed by atoms with Crippen LogP contribution in [0.4, 0.5) is 0 Å². The molecule has 1 aromatic heterocycles. The van der Waals surface area contributed by atoms with E-state index in [1.54, 1.807) is 12.4 Å². The zero-order chi connectivity index (χ0) is 15.1. The Morgan fingerprint density at radius 2 is 1.77 bits per heavy atom. The molecule has 2 rings (SSSR count). The molecule has 4 nitrogen and oxygen atoms in total. The number of hydrogen-bond donors (Lipinski definition) is 1. The zero-order valence-corrected chi connectivity index (χ0v) is 13.4. The van der Waals surface area contributed by atoms with Gasteiger partial charge in [0.1, 0.15) is 0 Å². The number of aliphatic hydroxyl groups excluding tert-OH is 1. The third-order valence-corrected chi connectivity index (χ3v) is 3.50. The van der Waals surface area contributed by atoms with Crippen LogP contribution in [-0.4, -0.2) is 16.0 Å². The second-order valence-electron chi connectivity index (χ2n) is 5.09. The third kappa shape index (κ3) is 5.64. The maximum absolute atomic E-state index is 11.1. The lowest BCUT2D eigenvalue weighted by molar-refractivity contribution is -0.145. The van der Waals surface area contributed by atoms with Crippen LogP contribution in [0.1, 0.15) is 18.9 Å². The number of halogens is 1. The van der Waals surface area contributed by atoms with Crippen molar-refractivity contribution in [2.45, 2.75) is 32.8 Å². The summed E-state index contributed by atoms with van der Waals surface area (Å²) < 4.78 is 7.45. The van der Waals surface area contributed by atoms with Crippen molar-refractivity contribution >= 4 is 12.4 Å². The van der Waals surface area contributed by atoms with Crippen LogP contribution in [-0.2, 0) is 17.9 Å². The van der Waals surface area contributed by atoms with Gasteiger partial charge >= 0.3 is 0 Å². The van der Waals surface area contributed by atoms with E-state index in [9.17, 15) is 9.90 Å². The summed E-state index contributed by atoms with van der Waals surface area (Å²) in [5.74, 6) is -0.0174. The van der Waals surface area contributed by atoms with Gasteiger partial charge in [-0.15, -0.1) is 12.4 Å². The quantitative estimate of drug-likeness (QED) is 0.797. The van der Waals surface area contributed by atoms with Gasteiger partial charge in [-0.05, 0) is 12.0 Å². The van der Waals surface area contributed by atoms with Crippen molar-refractivity contribution in [1.82, 2.24) is 4.57 Å². The Morgan fingerprint density at radius 3 is 2.36 bits per heavy atom. The predicted molar refractivity (Wildman–Crippen MR) is 89.0 cm³/mol. The van der Waals surface area contributed by atoms with Gasteiger partial charge in [0, 0.05) is 37.0 Å². The monoisotopic (exact) mass is 323 g/mol. The topological polar surface area (TPSA) is 51.5 Å². The molecule has 0 radical (unpaired) electrons. The average molecular weight is 324 g/mol. The van der Waals surface area contributed by atoms with Crippen molar-refractivity contribution in [3.8, 4) is 0 Å². The summed E-state index contributed by atoms with van der Waals surface area (Å²) >= 11 is 0. The van der Waals surface area contributed by atoms with Crippen molar-refractivity contribution in [3.05, 3.63) is 70.6 Å². The number of ether oxygens (including phenoxy) is 1. The first-order chi connectivity index (χ1) is 10.2. The van der Waals surface area contributed by atoms with E-state index in [4.69, 9.17) is 4.74 Å². The lowest BCUT2D eigenvalue weighted by Gasteiger charge is -2.23. The fourth-order valence-corrected chi connectivity index (χ4v) is 2.15. The summed E-state index contributed by atoms with van der Waals surface area (Å²) in [7, 11) is 0. The minimum Gasteiger partial charge on any atom is -0.368 e. The van der Waals surface area contributed by atoms with Gasteiger partial charge in [-0.25, -0.2) is 0 Å². The molecule has 2 atom stereocenters. The third-order valence-electron chi connectivity index (χ3n) is 3.50. The van der Waals surface area contributed by atoms with Crippen LogP contribution < -0.4 is 5.43 Å². The average Bonchev–Trinajstić information content (AvgIpc) is 2.53. The zero-order valence-electron chi connectivity index (χ0n) is 12.6. The standard InChI is InChI=1S/C17H21NO3.ClH/c1-2-15(12-18-10-8-16(19)9-11-18)17(20)21-13-14-6-4-3-5-7-14;/h3-11,15,17,20H,2,12-13H2,1H3;1H. The molecule has 5 heteroatoms. The van der Waals surface area contributed by atoms with Gasteiger partial charge in [0.2, 0.25) is 0 Å². The fraction of sp³-hybridized carbons (Fsp3) is 0.353. The number of pyridine rings is 1. The van der Waals surface area contributed by atoms with Gasteiger partial charge in [0.05, 0.1) is 6.61 Å². The predicted octanol–water partition coefficient (Wildman–Crippen LogP) is 2.83. The molecule has 1 heterocycles. The van der Waals surface area contributed by atoms with Crippen molar-refractivity contribution in [2.24, 2.45) is 5.92 Å². The van der Waals surface area contributed by atoms with Crippen molar-refractivity contribution < 1.29 is 9.84 Å². The van der Waals surface area contributed by atoms with E-state index in [2.05, 4.69) is 0 Å². The van der Waals surface area contributed by atoms with Crippen LogP contribution in [0.5, 0.6) is 0 Å². The normalized spacial score (nSPS) is 13.2. The summed E-state index contributed by atoms with van der Waals surface area (Å²) in [5, 5.41) is 10.2. The van der Waals surface area contributed by atoms with E-state index in [1.807, 2.05) is 41.8 Å². The molecular formula is C17H22ClNO3. The Bertz CT molecular complexity index is 580. The van der Waals surface area contributed by atoms with Crippen LogP contribution >= 0.6 is 12.4 Å². The van der Waals surface area contributed by atoms with Crippen LogP contribution in [0.2, 0.25) is 0 Å². The van der Waals surface area contributed by atoms with Crippen LogP contribution in [0.3, 0.4) is 0 Å². The molecule has 0 fully saturated rings. The maximum atomic E-state index is 11.1. The molecule has 0 aliphatic heterocycles. The summed E-state index contributed by atoms with van der Waals surface area (Å²) in [6.45, 7) is 3.03. The Kier molecular flexibility index (Phi) is 7.88. The molecule has 1 aromatic carbocycles. The second kappa shape index (κ2) is 9.41. The largest absolute Gasteiger partial charge is 0.368 e. The first kappa shape index (κ1) is 18.4. The van der Waals surface area contributed by atoms with E-state index < -0.39 is 6.29 Å². The van der Waals surface area contributed by atoms with Gasteiger partial charge in [-0.1, -0.05) is 37.3 Å². The highest BCUT2D eigenvalue weighted by Gasteiger charge is 2.18. The molecule has 120 valence electrons. The molecular weight excluding hydrogens is 302 g/mol. The highest BCUT2D eigenvalue weighted by atomic mass is 35.5. The van der Waals surface area contributed by atoms with Gasteiger partial charge in [-0.2, -0.15) is 0 Å². The van der Waals surface area contributed by atoms with E-state index in [0.29, 0.717) is 13.2 Å². The minimum atomic E-state index is -0.824. The lowest BCUT2D eigenvalue weighted by Crippen LogP contribution is -2.27. The molecule has 0 aliphatic rings. The fourth-order valence-electron chi connectivity index (χ4n) is 2.15. The van der Waals surface area contributed by atoms with Gasteiger partial charge < -0.3 is 14.4 Å². The number of rotatable bonds is 7. The summed E-state index contributed by atoms with van der Waals surface area (Å²) in [5.41, 5.74) is 1.02. The van der Waals surface area contributed by atoms with E-state index in [-0.39, 0.29) is 23.8 Å². The van der Waals surface area contributed by atoms with Crippen molar-refractivity contribution in [3.63, 3.8) is 0 Å². The van der Waals surface area contributed by atoms with E-state index in [1.165, 1.54) is 12.1 Å². The molecule has 0 aliphatic carbocycles. The van der Waals surface area contributed by atoms with Crippen LogP contribution in [0.25, 0.3) is 0 Å². The van der Waals surface area contributed by atoms with Crippen LogP contribution in [0, 0.1) is 5.92 Å². The molecule has 0 saturated heterocycles. The summed E-state index contributed by atoms with van der Waals surface area (Å²) in [6, 6.07) is 12.8. The maximum Gasteiger partial charge on any atom is 0.181 e. The molecule has 22 heavy (non-hydrogen) atoms.